The number of rotatable bonds is 36. The van der Waals surface area contributed by atoms with Crippen LogP contribution >= 0.6 is 0 Å². The lowest BCUT2D eigenvalue weighted by Crippen LogP contribution is -2.61. The van der Waals surface area contributed by atoms with E-state index in [4.69, 9.17) is 14.0 Å². The van der Waals surface area contributed by atoms with Gasteiger partial charge in [-0.25, -0.2) is 4.18 Å². The molecule has 0 radical (unpaired) electrons. The van der Waals surface area contributed by atoms with Gasteiger partial charge < -0.3 is 35.2 Å². The molecule has 6 N–H and O–H groups in total. The van der Waals surface area contributed by atoms with Crippen molar-refractivity contribution in [2.24, 2.45) is 0 Å². The molecule has 0 aromatic rings. The third-order valence-electron chi connectivity index (χ3n) is 10.2. The van der Waals surface area contributed by atoms with Gasteiger partial charge in [-0.1, -0.05) is 160 Å². The molecule has 0 aliphatic carbocycles. The molecule has 1 heterocycles. The highest BCUT2D eigenvalue weighted by Gasteiger charge is 2.48. The van der Waals surface area contributed by atoms with E-state index in [1.165, 1.54) is 116 Å². The monoisotopic (exact) mass is 806 g/mol. The van der Waals surface area contributed by atoms with E-state index >= 15 is 0 Å². The minimum Gasteiger partial charge on any atom is -0.394 e. The molecular formula is C42H79NO11S. The fraction of sp³-hybridized carbons (Fsp3) is 0.881. The lowest BCUT2D eigenvalue weighted by Gasteiger charge is -2.41. The normalized spacial score (nSPS) is 21.8. The Balaban J connectivity index is 2.53. The molecule has 55 heavy (non-hydrogen) atoms. The van der Waals surface area contributed by atoms with Crippen LogP contribution in [-0.2, 0) is 28.9 Å². The van der Waals surface area contributed by atoms with Gasteiger partial charge in [-0.05, 0) is 38.5 Å². The second-order valence-electron chi connectivity index (χ2n) is 15.3. The molecule has 324 valence electrons. The fourth-order valence-corrected chi connectivity index (χ4v) is 7.32. The Hall–Kier alpha value is -1.42. The van der Waals surface area contributed by atoms with Crippen molar-refractivity contribution in [1.29, 1.82) is 0 Å². The average Bonchev–Trinajstić information content (AvgIpc) is 3.15. The van der Waals surface area contributed by atoms with Gasteiger partial charge in [0.2, 0.25) is 5.91 Å². The van der Waals surface area contributed by atoms with E-state index in [0.717, 1.165) is 38.5 Å². The number of ether oxygens (including phenoxy) is 2. The number of carbonyl (C=O) groups is 1. The van der Waals surface area contributed by atoms with Crippen LogP contribution in [0.4, 0.5) is 0 Å². The Morgan fingerprint density at radius 3 is 1.65 bits per heavy atom. The Morgan fingerprint density at radius 2 is 1.16 bits per heavy atom. The van der Waals surface area contributed by atoms with Crippen molar-refractivity contribution in [3.63, 3.8) is 0 Å². The number of unbranched alkanes of at least 4 members (excludes halogenated alkanes) is 22. The van der Waals surface area contributed by atoms with Crippen molar-refractivity contribution in [3.05, 3.63) is 24.3 Å². The largest absolute Gasteiger partial charge is 0.397 e. The molecule has 0 bridgehead atoms. The first-order valence-corrected chi connectivity index (χ1v) is 23.1. The minimum absolute atomic E-state index is 0.220. The van der Waals surface area contributed by atoms with E-state index in [0.29, 0.717) is 6.42 Å². The third-order valence-corrected chi connectivity index (χ3v) is 10.7. The molecule has 1 fully saturated rings. The number of carbonyl (C=O) groups excluding carboxylic acids is 1. The number of hydrogen-bond acceptors (Lipinski definition) is 10. The summed E-state index contributed by atoms with van der Waals surface area (Å²) in [5.41, 5.74) is 0. The van der Waals surface area contributed by atoms with Crippen LogP contribution in [0.25, 0.3) is 0 Å². The number of nitrogens with one attached hydrogen (secondary N) is 1. The van der Waals surface area contributed by atoms with Gasteiger partial charge in [0.05, 0.1) is 25.4 Å². The van der Waals surface area contributed by atoms with E-state index in [9.17, 15) is 33.6 Å². The van der Waals surface area contributed by atoms with Crippen molar-refractivity contribution in [2.75, 3.05) is 13.2 Å². The van der Waals surface area contributed by atoms with Crippen molar-refractivity contribution in [1.82, 2.24) is 5.32 Å². The number of aliphatic hydroxyl groups excluding tert-OH is 4. The fourth-order valence-electron chi connectivity index (χ4n) is 6.81. The first-order chi connectivity index (χ1) is 26.5. The van der Waals surface area contributed by atoms with Crippen LogP contribution < -0.4 is 5.32 Å². The molecule has 0 aromatic heterocycles. The molecule has 1 saturated heterocycles. The topological polar surface area (TPSA) is 192 Å². The van der Waals surface area contributed by atoms with Crippen LogP contribution in [0.2, 0.25) is 0 Å². The zero-order chi connectivity index (χ0) is 40.6. The highest BCUT2D eigenvalue weighted by molar-refractivity contribution is 7.80. The molecule has 1 amide bonds. The summed E-state index contributed by atoms with van der Waals surface area (Å²) in [4.78, 5) is 12.9. The van der Waals surface area contributed by atoms with Gasteiger partial charge in [-0.2, -0.15) is 8.42 Å². The highest BCUT2D eigenvalue weighted by Crippen LogP contribution is 2.26. The Morgan fingerprint density at radius 1 is 0.709 bits per heavy atom. The summed E-state index contributed by atoms with van der Waals surface area (Å²) in [7, 11) is -5.08. The van der Waals surface area contributed by atoms with Crippen LogP contribution in [0.5, 0.6) is 0 Å². The van der Waals surface area contributed by atoms with Gasteiger partial charge in [0.1, 0.15) is 24.4 Å². The smallest absolute Gasteiger partial charge is 0.394 e. The Kier molecular flexibility index (Phi) is 31.5. The molecule has 0 saturated carbocycles. The highest BCUT2D eigenvalue weighted by atomic mass is 32.3. The molecule has 12 nitrogen and oxygen atoms in total. The van der Waals surface area contributed by atoms with Crippen LogP contribution in [0.1, 0.15) is 181 Å². The predicted octanol–water partition coefficient (Wildman–Crippen LogP) is 7.77. The lowest BCUT2D eigenvalue weighted by atomic mass is 9.99. The van der Waals surface area contributed by atoms with Crippen LogP contribution in [0.3, 0.4) is 0 Å². The maximum absolute atomic E-state index is 12.9. The Bertz CT molecular complexity index is 1090. The maximum Gasteiger partial charge on any atom is 0.397 e. The number of hydrogen-bond donors (Lipinski definition) is 6. The van der Waals surface area contributed by atoms with E-state index in [-0.39, 0.29) is 18.9 Å². The summed E-state index contributed by atoms with van der Waals surface area (Å²) in [5.74, 6) is -0.299. The summed E-state index contributed by atoms with van der Waals surface area (Å²) in [6.45, 7) is 3.31. The van der Waals surface area contributed by atoms with Crippen LogP contribution in [0, 0.1) is 0 Å². The molecule has 0 aromatic carbocycles. The lowest BCUT2D eigenvalue weighted by molar-refractivity contribution is -0.298. The third kappa shape index (κ3) is 27.0. The molecule has 7 atom stereocenters. The van der Waals surface area contributed by atoms with E-state index in [1.807, 2.05) is 6.08 Å². The average molecular weight is 806 g/mol. The zero-order valence-electron chi connectivity index (χ0n) is 34.2. The van der Waals surface area contributed by atoms with Gasteiger partial charge in [0.15, 0.2) is 6.29 Å². The second-order valence-corrected chi connectivity index (χ2v) is 16.3. The van der Waals surface area contributed by atoms with E-state index in [1.54, 1.807) is 6.08 Å². The number of allylic oxidation sites excluding steroid dienone is 3. The van der Waals surface area contributed by atoms with Gasteiger partial charge in [0, 0.05) is 6.42 Å². The molecular weight excluding hydrogens is 727 g/mol. The summed E-state index contributed by atoms with van der Waals surface area (Å²) < 4.78 is 47.4. The van der Waals surface area contributed by atoms with E-state index < -0.39 is 59.9 Å². The molecule has 7 unspecified atom stereocenters. The summed E-state index contributed by atoms with van der Waals surface area (Å²) in [5, 5.41) is 44.5. The molecule has 1 aliphatic heterocycles. The number of amides is 1. The van der Waals surface area contributed by atoms with E-state index in [2.05, 4.69) is 35.5 Å². The van der Waals surface area contributed by atoms with Gasteiger partial charge in [-0.3, -0.25) is 9.35 Å². The van der Waals surface area contributed by atoms with Gasteiger partial charge in [0.25, 0.3) is 0 Å². The molecule has 13 heteroatoms. The predicted molar refractivity (Wildman–Crippen MR) is 218 cm³/mol. The first-order valence-electron chi connectivity index (χ1n) is 21.7. The zero-order valence-corrected chi connectivity index (χ0v) is 35.1. The number of aliphatic hydroxyl groups is 4. The summed E-state index contributed by atoms with van der Waals surface area (Å²) in [6, 6.07) is -0.954. The summed E-state index contributed by atoms with van der Waals surface area (Å²) in [6.07, 6.45) is 28.2. The molecule has 0 spiro atoms. The Labute approximate surface area is 333 Å². The van der Waals surface area contributed by atoms with Crippen LogP contribution in [0.15, 0.2) is 24.3 Å². The molecule has 1 aliphatic rings. The maximum atomic E-state index is 12.9. The SMILES string of the molecule is CCCCCC/C=C\CCCC(=O)NC(COC1OC(CO)C(O)C(OS(=O)(=O)O)C1O)C(O)/C=C/CCCCCCCCCCCCCCCCCCC. The van der Waals surface area contributed by atoms with Gasteiger partial charge >= 0.3 is 10.4 Å². The minimum atomic E-state index is -5.08. The summed E-state index contributed by atoms with van der Waals surface area (Å²) >= 11 is 0. The van der Waals surface area contributed by atoms with Crippen molar-refractivity contribution in [3.8, 4) is 0 Å². The van der Waals surface area contributed by atoms with Crippen molar-refractivity contribution >= 4 is 16.3 Å². The van der Waals surface area contributed by atoms with Crippen LogP contribution in [-0.4, -0.2) is 95.4 Å². The van der Waals surface area contributed by atoms with Crippen molar-refractivity contribution < 1.29 is 51.8 Å². The quantitative estimate of drug-likeness (QED) is 0.0206. The first kappa shape index (κ1) is 51.6. The standard InChI is InChI=1S/C42H79NO11S/c1-3-5-7-9-11-13-14-15-16-17-18-19-20-21-22-24-25-27-29-31-36(45)35(43-38(46)32-30-28-26-23-12-10-8-6-4-2)34-52-42-40(48)41(54-55(49,50)51)39(47)37(33-44)53-42/h23,26,29,31,35-37,39-42,44-45,47-48H,3-22,24-25,27-28,30,32-34H2,1-2H3,(H,43,46)(H,49,50,51)/b26-23-,31-29+. The van der Waals surface area contributed by atoms with Crippen molar-refractivity contribution in [2.45, 2.75) is 224 Å². The van der Waals surface area contributed by atoms with Gasteiger partial charge in [-0.15, -0.1) is 0 Å². The second kappa shape index (κ2) is 33.5. The molecule has 1 rings (SSSR count).